The standard InChI is InChI=1S/C19H20N2O5S/c1-3-12-4-7-14(8-5-12)26-11-17(22)21-19(27)20-15-10-13(18(23)24)6-9-16(15)25-2/h4-10H,3,11H2,1-2H3,(H,23,24)(H2,20,21,22,27)/p-1. The summed E-state index contributed by atoms with van der Waals surface area (Å²) in [6.07, 6.45) is 0.920. The zero-order valence-corrected chi connectivity index (χ0v) is 15.7. The van der Waals surface area contributed by atoms with Crippen LogP contribution in [0.4, 0.5) is 5.69 Å². The zero-order chi connectivity index (χ0) is 19.8. The maximum atomic E-state index is 12.0. The molecule has 0 aliphatic rings. The molecule has 2 aromatic rings. The van der Waals surface area contributed by atoms with Crippen molar-refractivity contribution in [3.05, 3.63) is 53.6 Å². The molecule has 0 saturated heterocycles. The van der Waals surface area contributed by atoms with Crippen LogP contribution in [-0.4, -0.2) is 30.7 Å². The SMILES string of the molecule is CCc1ccc(OCC(=O)NC(=S)Nc2cc(C(=O)[O-])ccc2OC)cc1. The Bertz CT molecular complexity index is 836. The molecule has 2 N–H and O–H groups in total. The van der Waals surface area contributed by atoms with Gasteiger partial charge in [0.25, 0.3) is 5.91 Å². The second kappa shape index (κ2) is 9.54. The summed E-state index contributed by atoms with van der Waals surface area (Å²) >= 11 is 5.08. The highest BCUT2D eigenvalue weighted by molar-refractivity contribution is 7.80. The Hall–Kier alpha value is -3.13. The Morgan fingerprint density at radius 3 is 2.44 bits per heavy atom. The Morgan fingerprint density at radius 2 is 1.85 bits per heavy atom. The van der Waals surface area contributed by atoms with E-state index in [2.05, 4.69) is 17.6 Å². The van der Waals surface area contributed by atoms with Crippen molar-refractivity contribution in [1.29, 1.82) is 0 Å². The van der Waals surface area contributed by atoms with Gasteiger partial charge in [0.1, 0.15) is 11.5 Å². The minimum atomic E-state index is -1.34. The topological polar surface area (TPSA) is 99.7 Å². The number of carboxylic acid groups (broad SMARTS) is 1. The van der Waals surface area contributed by atoms with Gasteiger partial charge in [-0.3, -0.25) is 10.1 Å². The lowest BCUT2D eigenvalue weighted by Gasteiger charge is -2.14. The molecule has 0 fully saturated rings. The molecule has 0 radical (unpaired) electrons. The number of hydrogen-bond acceptors (Lipinski definition) is 6. The molecule has 0 spiro atoms. The van der Waals surface area contributed by atoms with Crippen LogP contribution >= 0.6 is 12.2 Å². The lowest BCUT2D eigenvalue weighted by atomic mass is 10.2. The minimum absolute atomic E-state index is 0.0151. The molecule has 0 atom stereocenters. The number of ether oxygens (including phenoxy) is 2. The predicted molar refractivity (Wildman–Crippen MR) is 103 cm³/mol. The molecular weight excluding hydrogens is 368 g/mol. The van der Waals surface area contributed by atoms with Crippen molar-refractivity contribution < 1.29 is 24.2 Å². The zero-order valence-electron chi connectivity index (χ0n) is 14.9. The number of amides is 1. The Balaban J connectivity index is 1.91. The highest BCUT2D eigenvalue weighted by atomic mass is 32.1. The molecule has 0 saturated carbocycles. The number of carbonyl (C=O) groups is 2. The molecule has 0 unspecified atom stereocenters. The summed E-state index contributed by atoms with van der Waals surface area (Å²) in [5, 5.41) is 16.2. The first-order chi connectivity index (χ1) is 12.9. The molecule has 7 nitrogen and oxygen atoms in total. The van der Waals surface area contributed by atoms with Gasteiger partial charge >= 0.3 is 0 Å². The van der Waals surface area contributed by atoms with E-state index < -0.39 is 11.9 Å². The summed E-state index contributed by atoms with van der Waals surface area (Å²) in [5.41, 5.74) is 1.41. The van der Waals surface area contributed by atoms with Crippen LogP contribution in [0.25, 0.3) is 0 Å². The molecule has 1 amide bonds. The van der Waals surface area contributed by atoms with E-state index >= 15 is 0 Å². The molecule has 0 aliphatic carbocycles. The normalized spacial score (nSPS) is 10.0. The molecule has 2 rings (SSSR count). The molecular formula is C19H19N2O5S-. The summed E-state index contributed by atoms with van der Waals surface area (Å²) in [4.78, 5) is 22.9. The predicted octanol–water partition coefficient (Wildman–Crippen LogP) is 1.51. The highest BCUT2D eigenvalue weighted by Gasteiger charge is 2.10. The third-order valence-electron chi connectivity index (χ3n) is 3.64. The van der Waals surface area contributed by atoms with E-state index in [1.54, 1.807) is 12.1 Å². The number of carboxylic acids is 1. The maximum absolute atomic E-state index is 12.0. The van der Waals surface area contributed by atoms with Crippen LogP contribution in [0.2, 0.25) is 0 Å². The van der Waals surface area contributed by atoms with E-state index in [-0.39, 0.29) is 17.3 Å². The fourth-order valence-electron chi connectivity index (χ4n) is 2.22. The number of carbonyl (C=O) groups excluding carboxylic acids is 2. The second-order valence-corrected chi connectivity index (χ2v) is 5.90. The maximum Gasteiger partial charge on any atom is 0.264 e. The van der Waals surface area contributed by atoms with Gasteiger partial charge < -0.3 is 24.7 Å². The van der Waals surface area contributed by atoms with Crippen LogP contribution in [0.1, 0.15) is 22.8 Å². The van der Waals surface area contributed by atoms with Crippen LogP contribution < -0.4 is 25.2 Å². The summed E-state index contributed by atoms with van der Waals surface area (Å²) in [6, 6.07) is 11.5. The minimum Gasteiger partial charge on any atom is -0.545 e. The van der Waals surface area contributed by atoms with E-state index in [9.17, 15) is 14.7 Å². The van der Waals surface area contributed by atoms with Gasteiger partial charge in [0.15, 0.2) is 11.7 Å². The van der Waals surface area contributed by atoms with Gasteiger partial charge in [-0.05, 0) is 60.1 Å². The molecule has 0 heterocycles. The lowest BCUT2D eigenvalue weighted by Crippen LogP contribution is -2.37. The van der Waals surface area contributed by atoms with E-state index in [4.69, 9.17) is 21.7 Å². The van der Waals surface area contributed by atoms with E-state index in [1.165, 1.54) is 30.9 Å². The van der Waals surface area contributed by atoms with Crippen LogP contribution in [0.5, 0.6) is 11.5 Å². The fourth-order valence-corrected chi connectivity index (χ4v) is 2.44. The Kier molecular flexibility index (Phi) is 7.13. The third-order valence-corrected chi connectivity index (χ3v) is 3.84. The van der Waals surface area contributed by atoms with Gasteiger partial charge in [-0.1, -0.05) is 19.1 Å². The Labute approximate surface area is 162 Å². The number of thiocarbonyl (C=S) groups is 1. The third kappa shape index (κ3) is 5.96. The monoisotopic (exact) mass is 387 g/mol. The van der Waals surface area contributed by atoms with Crippen molar-refractivity contribution in [2.75, 3.05) is 19.0 Å². The molecule has 142 valence electrons. The van der Waals surface area contributed by atoms with Gasteiger partial charge in [0.2, 0.25) is 0 Å². The van der Waals surface area contributed by atoms with Crippen LogP contribution in [0.15, 0.2) is 42.5 Å². The molecule has 2 aromatic carbocycles. The number of nitrogens with one attached hydrogen (secondary N) is 2. The van der Waals surface area contributed by atoms with Gasteiger partial charge in [-0.15, -0.1) is 0 Å². The average molecular weight is 387 g/mol. The first-order valence-electron chi connectivity index (χ1n) is 8.15. The molecule has 8 heteroatoms. The second-order valence-electron chi connectivity index (χ2n) is 5.49. The van der Waals surface area contributed by atoms with Crippen molar-refractivity contribution in [1.82, 2.24) is 5.32 Å². The Morgan fingerprint density at radius 1 is 1.15 bits per heavy atom. The highest BCUT2D eigenvalue weighted by Crippen LogP contribution is 2.25. The first-order valence-corrected chi connectivity index (χ1v) is 8.55. The van der Waals surface area contributed by atoms with E-state index in [0.717, 1.165) is 6.42 Å². The van der Waals surface area contributed by atoms with Crippen LogP contribution in [0, 0.1) is 0 Å². The van der Waals surface area contributed by atoms with Crippen molar-refractivity contribution in [2.24, 2.45) is 0 Å². The van der Waals surface area contributed by atoms with Crippen molar-refractivity contribution >= 4 is 34.9 Å². The first kappa shape index (κ1) is 20.2. The fraction of sp³-hybridized carbons (Fsp3) is 0.211. The van der Waals surface area contributed by atoms with Crippen molar-refractivity contribution in [2.45, 2.75) is 13.3 Å². The van der Waals surface area contributed by atoms with Crippen LogP contribution in [-0.2, 0) is 11.2 Å². The van der Waals surface area contributed by atoms with Gasteiger partial charge in [-0.2, -0.15) is 0 Å². The number of anilines is 1. The smallest absolute Gasteiger partial charge is 0.264 e. The largest absolute Gasteiger partial charge is 0.545 e. The van der Waals surface area contributed by atoms with Crippen molar-refractivity contribution in [3.63, 3.8) is 0 Å². The number of methoxy groups -OCH3 is 1. The lowest BCUT2D eigenvalue weighted by molar-refractivity contribution is -0.255. The van der Waals surface area contributed by atoms with Crippen molar-refractivity contribution in [3.8, 4) is 11.5 Å². The quantitative estimate of drug-likeness (QED) is 0.695. The van der Waals surface area contributed by atoms with E-state index in [0.29, 0.717) is 17.2 Å². The van der Waals surface area contributed by atoms with Gasteiger partial charge in [0, 0.05) is 0 Å². The molecule has 0 aliphatic heterocycles. The van der Waals surface area contributed by atoms with Crippen LogP contribution in [0.3, 0.4) is 0 Å². The summed E-state index contributed by atoms with van der Waals surface area (Å²) in [6.45, 7) is 1.83. The van der Waals surface area contributed by atoms with Gasteiger partial charge in [0.05, 0.1) is 18.8 Å². The molecule has 27 heavy (non-hydrogen) atoms. The molecule has 0 bridgehead atoms. The molecule has 0 aromatic heterocycles. The summed E-state index contributed by atoms with van der Waals surface area (Å²) in [5.74, 6) is -0.853. The average Bonchev–Trinajstić information content (AvgIpc) is 2.66. The number of hydrogen-bond donors (Lipinski definition) is 2. The number of rotatable bonds is 7. The summed E-state index contributed by atoms with van der Waals surface area (Å²) < 4.78 is 10.5. The van der Waals surface area contributed by atoms with Gasteiger partial charge in [-0.25, -0.2) is 0 Å². The summed E-state index contributed by atoms with van der Waals surface area (Å²) in [7, 11) is 1.43. The number of aromatic carboxylic acids is 1. The number of aryl methyl sites for hydroxylation is 1. The van der Waals surface area contributed by atoms with E-state index in [1.807, 2.05) is 12.1 Å². The number of benzene rings is 2.